The van der Waals surface area contributed by atoms with Crippen LogP contribution in [-0.2, 0) is 12.8 Å². The van der Waals surface area contributed by atoms with E-state index >= 15 is 0 Å². The van der Waals surface area contributed by atoms with Crippen molar-refractivity contribution in [1.29, 1.82) is 0 Å². The van der Waals surface area contributed by atoms with Gasteiger partial charge in [-0.25, -0.2) is 0 Å². The second-order valence-electron chi connectivity index (χ2n) is 9.06. The van der Waals surface area contributed by atoms with Crippen molar-refractivity contribution in [3.8, 4) is 22.3 Å². The van der Waals surface area contributed by atoms with E-state index in [-0.39, 0.29) is 0 Å². The van der Waals surface area contributed by atoms with Crippen molar-refractivity contribution in [1.82, 2.24) is 0 Å². The maximum Gasteiger partial charge on any atom is -0.0184 e. The first kappa shape index (κ1) is 26.0. The van der Waals surface area contributed by atoms with Crippen LogP contribution in [0.2, 0.25) is 0 Å². The zero-order chi connectivity index (χ0) is 24.9. The molecule has 35 heavy (non-hydrogen) atoms. The third-order valence-electron chi connectivity index (χ3n) is 6.15. The van der Waals surface area contributed by atoms with Gasteiger partial charge in [-0.3, -0.25) is 0 Å². The van der Waals surface area contributed by atoms with Gasteiger partial charge in [-0.05, 0) is 79.8 Å². The van der Waals surface area contributed by atoms with Crippen LogP contribution in [0.5, 0.6) is 0 Å². The highest BCUT2D eigenvalue weighted by Crippen LogP contribution is 2.21. The van der Waals surface area contributed by atoms with Crippen molar-refractivity contribution in [3.63, 3.8) is 0 Å². The highest BCUT2D eigenvalue weighted by molar-refractivity contribution is 5.64. The molecule has 0 amide bonds. The maximum atomic E-state index is 3.75. The van der Waals surface area contributed by atoms with E-state index in [0.717, 1.165) is 25.7 Å². The first-order valence-electron chi connectivity index (χ1n) is 12.6. The summed E-state index contributed by atoms with van der Waals surface area (Å²) in [4.78, 5) is 0. The Kier molecular flexibility index (Phi) is 10.3. The molecule has 0 aliphatic rings. The average Bonchev–Trinajstić information content (AvgIpc) is 2.90. The summed E-state index contributed by atoms with van der Waals surface area (Å²) in [6.07, 6.45) is 10.7. The normalized spacial score (nSPS) is 10.6. The minimum atomic E-state index is 1.05. The third-order valence-corrected chi connectivity index (χ3v) is 6.15. The van der Waals surface area contributed by atoms with Crippen LogP contribution in [0.1, 0.15) is 42.0 Å². The van der Waals surface area contributed by atoms with Crippen LogP contribution in [0.4, 0.5) is 0 Å². The molecule has 0 saturated carbocycles. The largest absolute Gasteiger partial charge is 0.103 e. The zero-order valence-corrected chi connectivity index (χ0v) is 21.5. The van der Waals surface area contributed by atoms with E-state index in [4.69, 9.17) is 0 Å². The summed E-state index contributed by atoms with van der Waals surface area (Å²) in [6, 6.07) is 35.1. The van der Waals surface area contributed by atoms with Gasteiger partial charge in [0.1, 0.15) is 0 Å². The summed E-state index contributed by atoms with van der Waals surface area (Å²) in [7, 11) is 0. The van der Waals surface area contributed by atoms with Gasteiger partial charge in [-0.2, -0.15) is 0 Å². The van der Waals surface area contributed by atoms with Gasteiger partial charge in [0.15, 0.2) is 0 Å². The van der Waals surface area contributed by atoms with Gasteiger partial charge in [-0.15, -0.1) is 6.58 Å². The average molecular weight is 459 g/mol. The predicted molar refractivity (Wildman–Crippen MR) is 155 cm³/mol. The first-order chi connectivity index (χ1) is 17.1. The molecular formula is C35H38. The van der Waals surface area contributed by atoms with Crippen LogP contribution < -0.4 is 0 Å². The van der Waals surface area contributed by atoms with Gasteiger partial charge < -0.3 is 0 Å². The smallest absolute Gasteiger partial charge is 0.0184 e. The summed E-state index contributed by atoms with van der Waals surface area (Å²) < 4.78 is 0. The lowest BCUT2D eigenvalue weighted by molar-refractivity contribution is 1.000. The van der Waals surface area contributed by atoms with Crippen LogP contribution in [0.3, 0.4) is 0 Å². The monoisotopic (exact) mass is 458 g/mol. The maximum absolute atomic E-state index is 3.75. The minimum Gasteiger partial charge on any atom is -0.103 e. The van der Waals surface area contributed by atoms with Crippen molar-refractivity contribution in [3.05, 3.63) is 144 Å². The van der Waals surface area contributed by atoms with Gasteiger partial charge in [0, 0.05) is 0 Å². The zero-order valence-electron chi connectivity index (χ0n) is 21.5. The van der Waals surface area contributed by atoms with Gasteiger partial charge in [0.05, 0.1) is 0 Å². The fourth-order valence-corrected chi connectivity index (χ4v) is 3.91. The Bertz CT molecular complexity index is 1170. The molecule has 0 atom stereocenters. The lowest BCUT2D eigenvalue weighted by atomic mass is 10.0. The molecule has 178 valence electrons. The second-order valence-corrected chi connectivity index (χ2v) is 9.06. The molecule has 0 aliphatic heterocycles. The Morgan fingerprint density at radius 2 is 0.857 bits per heavy atom. The molecule has 0 heteroatoms. The number of allylic oxidation sites excluding steroid dienone is 3. The molecule has 0 fully saturated rings. The van der Waals surface area contributed by atoms with E-state index in [2.05, 4.69) is 137 Å². The van der Waals surface area contributed by atoms with E-state index in [1.807, 2.05) is 6.08 Å². The fourth-order valence-electron chi connectivity index (χ4n) is 3.91. The van der Waals surface area contributed by atoms with Crippen molar-refractivity contribution >= 4 is 0 Å². The predicted octanol–water partition coefficient (Wildman–Crippen LogP) is 9.95. The quantitative estimate of drug-likeness (QED) is 0.230. The van der Waals surface area contributed by atoms with Gasteiger partial charge in [0.2, 0.25) is 0 Å². The summed E-state index contributed by atoms with van der Waals surface area (Å²) in [5.41, 5.74) is 10.5. The minimum absolute atomic E-state index is 1.05. The van der Waals surface area contributed by atoms with E-state index in [1.54, 1.807) is 0 Å². The fraction of sp³-hybridized carbons (Fsp3) is 0.200. The number of aryl methyl sites for hydroxylation is 4. The molecule has 4 aromatic carbocycles. The summed E-state index contributed by atoms with van der Waals surface area (Å²) in [5, 5.41) is 0. The standard InChI is InChI=1S/C18H20.C17H18/c1-3-4-5-6-16-9-13-18(14-10-16)17-11-7-15(2)8-12-17;1-3-4-5-15-8-12-17(13-9-15)16-10-6-14(2)7-11-16/h3-4,7-14H,5-6H2,1-2H3;3,6-13H,1,4-5H2,2H3/b4-3+;. The van der Waals surface area contributed by atoms with Gasteiger partial charge in [-0.1, -0.05) is 126 Å². The Morgan fingerprint density at radius 1 is 0.514 bits per heavy atom. The van der Waals surface area contributed by atoms with Crippen LogP contribution in [0.25, 0.3) is 22.3 Å². The van der Waals surface area contributed by atoms with E-state index in [9.17, 15) is 0 Å². The molecule has 0 spiro atoms. The third kappa shape index (κ3) is 8.58. The summed E-state index contributed by atoms with van der Waals surface area (Å²) in [6.45, 7) is 10.1. The van der Waals surface area contributed by atoms with Crippen molar-refractivity contribution in [2.75, 3.05) is 0 Å². The molecular weight excluding hydrogens is 420 g/mol. The first-order valence-corrected chi connectivity index (χ1v) is 12.6. The lowest BCUT2D eigenvalue weighted by Crippen LogP contribution is -1.84. The van der Waals surface area contributed by atoms with Crippen molar-refractivity contribution in [2.45, 2.75) is 46.5 Å². The lowest BCUT2D eigenvalue weighted by Gasteiger charge is -2.04. The van der Waals surface area contributed by atoms with E-state index in [0.29, 0.717) is 0 Å². The molecule has 0 aromatic heterocycles. The van der Waals surface area contributed by atoms with Gasteiger partial charge >= 0.3 is 0 Å². The Balaban J connectivity index is 0.000000196. The molecule has 4 rings (SSSR count). The van der Waals surface area contributed by atoms with Crippen LogP contribution >= 0.6 is 0 Å². The Morgan fingerprint density at radius 3 is 1.20 bits per heavy atom. The van der Waals surface area contributed by atoms with Crippen LogP contribution in [0, 0.1) is 13.8 Å². The molecule has 0 unspecified atom stereocenters. The van der Waals surface area contributed by atoms with E-state index < -0.39 is 0 Å². The van der Waals surface area contributed by atoms with Crippen LogP contribution in [0.15, 0.2) is 122 Å². The Hall–Kier alpha value is -3.64. The molecule has 0 saturated heterocycles. The Labute approximate surface area is 212 Å². The number of hydrogen-bond acceptors (Lipinski definition) is 0. The van der Waals surface area contributed by atoms with Crippen molar-refractivity contribution in [2.24, 2.45) is 0 Å². The highest BCUT2D eigenvalue weighted by atomic mass is 14.0. The van der Waals surface area contributed by atoms with E-state index in [1.165, 1.54) is 44.5 Å². The topological polar surface area (TPSA) is 0 Å². The number of benzene rings is 4. The molecule has 4 aromatic rings. The summed E-state index contributed by atoms with van der Waals surface area (Å²) in [5.74, 6) is 0. The van der Waals surface area contributed by atoms with Crippen LogP contribution in [-0.4, -0.2) is 0 Å². The number of rotatable bonds is 8. The highest BCUT2D eigenvalue weighted by Gasteiger charge is 1.99. The molecule has 0 radical (unpaired) electrons. The molecule has 0 nitrogen and oxygen atoms in total. The molecule has 0 aliphatic carbocycles. The number of hydrogen-bond donors (Lipinski definition) is 0. The SMILES string of the molecule is C/C=C/CCc1ccc(-c2ccc(C)cc2)cc1.C=CCCc1ccc(-c2ccc(C)cc2)cc1. The molecule has 0 N–H and O–H groups in total. The van der Waals surface area contributed by atoms with Gasteiger partial charge in [0.25, 0.3) is 0 Å². The second kappa shape index (κ2) is 13.9. The molecule has 0 heterocycles. The molecule has 0 bridgehead atoms. The summed E-state index contributed by atoms with van der Waals surface area (Å²) >= 11 is 0. The van der Waals surface area contributed by atoms with Crippen molar-refractivity contribution < 1.29 is 0 Å².